The molecular formula is C20H18ClF6NO3. The van der Waals surface area contributed by atoms with Crippen LogP contribution in [-0.2, 0) is 16.0 Å². The maximum absolute atomic E-state index is 13.9. The summed E-state index contributed by atoms with van der Waals surface area (Å²) in [7, 11) is 0. The molecule has 0 saturated carbocycles. The number of carbonyl (C=O) groups is 1. The third-order valence-electron chi connectivity index (χ3n) is 4.30. The maximum atomic E-state index is 13.9. The number of aliphatic hydroxyl groups excluding tert-OH is 1. The van der Waals surface area contributed by atoms with Gasteiger partial charge in [0.15, 0.2) is 12.7 Å². The summed E-state index contributed by atoms with van der Waals surface area (Å²) in [6, 6.07) is 9.75. The number of nitrogens with two attached hydrogens (primary N) is 1. The van der Waals surface area contributed by atoms with Crippen LogP contribution < -0.4 is 5.73 Å². The second-order valence-electron chi connectivity index (χ2n) is 6.85. The number of aliphatic hydroxyl groups is 1. The van der Waals surface area contributed by atoms with Crippen LogP contribution in [0.5, 0.6) is 0 Å². The summed E-state index contributed by atoms with van der Waals surface area (Å²) >= 11 is 5.87. The first-order valence-electron chi connectivity index (χ1n) is 8.89. The summed E-state index contributed by atoms with van der Waals surface area (Å²) < 4.78 is 79.5. The van der Waals surface area contributed by atoms with Crippen LogP contribution in [0, 0.1) is 5.82 Å². The van der Waals surface area contributed by atoms with Crippen molar-refractivity contribution in [2.45, 2.75) is 37.1 Å². The summed E-state index contributed by atoms with van der Waals surface area (Å²) in [6.45, 7) is -2.23. The zero-order chi connectivity index (χ0) is 23.4. The van der Waals surface area contributed by atoms with E-state index in [-0.39, 0.29) is 12.0 Å². The lowest BCUT2D eigenvalue weighted by atomic mass is 9.98. The van der Waals surface area contributed by atoms with E-state index in [0.29, 0.717) is 16.1 Å². The zero-order valence-electron chi connectivity index (χ0n) is 15.8. The smallest absolute Gasteiger partial charge is 0.456 e. The van der Waals surface area contributed by atoms with Gasteiger partial charge in [-0.3, -0.25) is 0 Å². The van der Waals surface area contributed by atoms with Crippen molar-refractivity contribution < 1.29 is 41.0 Å². The number of rotatable bonds is 8. The molecule has 0 saturated heterocycles. The van der Waals surface area contributed by atoms with Crippen LogP contribution in [0.25, 0.3) is 11.1 Å². The monoisotopic (exact) mass is 469 g/mol. The van der Waals surface area contributed by atoms with Crippen LogP contribution >= 0.6 is 11.6 Å². The van der Waals surface area contributed by atoms with Crippen LogP contribution in [0.15, 0.2) is 42.5 Å². The molecule has 0 aromatic heterocycles. The Kier molecular flexibility index (Phi) is 7.96. The molecule has 4 nitrogen and oxygen atoms in total. The molecule has 31 heavy (non-hydrogen) atoms. The average Bonchev–Trinajstić information content (AvgIpc) is 2.67. The number of hydrogen-bond donors (Lipinski definition) is 2. The Bertz CT molecular complexity index is 905. The Morgan fingerprint density at radius 1 is 1.10 bits per heavy atom. The largest absolute Gasteiger partial charge is 0.457 e. The van der Waals surface area contributed by atoms with Gasteiger partial charge in [0.1, 0.15) is 5.82 Å². The lowest BCUT2D eigenvalue weighted by molar-refractivity contribution is -0.294. The lowest BCUT2D eigenvalue weighted by Gasteiger charge is -2.21. The quantitative estimate of drug-likeness (QED) is 0.441. The third kappa shape index (κ3) is 6.84. The number of carbonyl (C=O) groups excluding carboxylic acids is 1. The van der Waals surface area contributed by atoms with Crippen LogP contribution in [0.2, 0.25) is 5.02 Å². The maximum Gasteiger partial charge on any atom is 0.456 e. The minimum atomic E-state index is -5.88. The summed E-state index contributed by atoms with van der Waals surface area (Å²) in [6.07, 6.45) is -8.14. The first kappa shape index (κ1) is 25.0. The number of alkyl halides is 5. The van der Waals surface area contributed by atoms with Crippen molar-refractivity contribution in [2.75, 3.05) is 6.61 Å². The van der Waals surface area contributed by atoms with Crippen LogP contribution in [0.4, 0.5) is 26.3 Å². The Balaban J connectivity index is 1.91. The van der Waals surface area contributed by atoms with Gasteiger partial charge in [0.05, 0.1) is 0 Å². The van der Waals surface area contributed by atoms with E-state index in [9.17, 15) is 36.2 Å². The first-order chi connectivity index (χ1) is 14.3. The minimum Gasteiger partial charge on any atom is -0.457 e. The highest BCUT2D eigenvalue weighted by Crippen LogP contribution is 2.35. The standard InChI is InChI=1S/C20H18ClF6NO3/c21-13-5-6-16(22)15(8-13)12-3-1-11(2-4-12)7-14(28)9-17(29)18(30)31-10-19(23,24)20(25,26)27/h1-6,8,14,17,29H,7,9-10,28H2. The Labute approximate surface area is 178 Å². The van der Waals surface area contributed by atoms with Crippen molar-refractivity contribution in [2.24, 2.45) is 5.73 Å². The molecule has 2 rings (SSSR count). The minimum absolute atomic E-state index is 0.140. The second kappa shape index (κ2) is 9.88. The molecular weight excluding hydrogens is 452 g/mol. The number of hydrogen-bond acceptors (Lipinski definition) is 4. The van der Waals surface area contributed by atoms with E-state index in [4.69, 9.17) is 17.3 Å². The molecule has 2 atom stereocenters. The van der Waals surface area contributed by atoms with Crippen LogP contribution in [0.1, 0.15) is 12.0 Å². The highest BCUT2D eigenvalue weighted by atomic mass is 35.5. The fourth-order valence-electron chi connectivity index (χ4n) is 2.65. The van der Waals surface area contributed by atoms with E-state index in [1.165, 1.54) is 18.2 Å². The molecule has 0 aliphatic heterocycles. The molecule has 0 bridgehead atoms. The Hall–Kier alpha value is -2.30. The number of ether oxygens (including phenoxy) is 1. The normalized spacial score (nSPS) is 14.2. The topological polar surface area (TPSA) is 72.5 Å². The summed E-state index contributed by atoms with van der Waals surface area (Å²) in [5.74, 6) is -7.33. The first-order valence-corrected chi connectivity index (χ1v) is 9.27. The molecule has 0 aliphatic rings. The molecule has 0 spiro atoms. The number of esters is 1. The Morgan fingerprint density at radius 2 is 1.71 bits per heavy atom. The van der Waals surface area contributed by atoms with Crippen molar-refractivity contribution in [3.05, 3.63) is 58.9 Å². The van der Waals surface area contributed by atoms with E-state index < -0.39 is 49.1 Å². The predicted octanol–water partition coefficient (Wildman–Crippen LogP) is 4.51. The summed E-state index contributed by atoms with van der Waals surface area (Å²) in [4.78, 5) is 11.5. The van der Waals surface area contributed by atoms with Crippen molar-refractivity contribution in [3.63, 3.8) is 0 Å². The lowest BCUT2D eigenvalue weighted by Crippen LogP contribution is -2.43. The van der Waals surface area contributed by atoms with E-state index in [1.54, 1.807) is 24.3 Å². The fourth-order valence-corrected chi connectivity index (χ4v) is 2.82. The van der Waals surface area contributed by atoms with Crippen molar-refractivity contribution in [3.8, 4) is 11.1 Å². The second-order valence-corrected chi connectivity index (χ2v) is 7.28. The molecule has 0 heterocycles. The highest BCUT2D eigenvalue weighted by molar-refractivity contribution is 6.30. The van der Waals surface area contributed by atoms with Crippen molar-refractivity contribution >= 4 is 17.6 Å². The summed E-state index contributed by atoms with van der Waals surface area (Å²) in [5, 5.41) is 10.0. The van der Waals surface area contributed by atoms with Gasteiger partial charge in [0.25, 0.3) is 0 Å². The zero-order valence-corrected chi connectivity index (χ0v) is 16.6. The van der Waals surface area contributed by atoms with Gasteiger partial charge < -0.3 is 15.6 Å². The third-order valence-corrected chi connectivity index (χ3v) is 4.53. The average molecular weight is 470 g/mol. The number of halogens is 7. The molecule has 0 radical (unpaired) electrons. The molecule has 2 aromatic rings. The van der Waals surface area contributed by atoms with E-state index in [2.05, 4.69) is 4.74 Å². The molecule has 11 heteroatoms. The summed E-state index contributed by atoms with van der Waals surface area (Å²) in [5.41, 5.74) is 7.31. The van der Waals surface area contributed by atoms with Gasteiger partial charge in [-0.15, -0.1) is 0 Å². The molecule has 170 valence electrons. The molecule has 2 aromatic carbocycles. The van der Waals surface area contributed by atoms with Gasteiger partial charge in [0, 0.05) is 16.6 Å². The van der Waals surface area contributed by atoms with Gasteiger partial charge >= 0.3 is 18.1 Å². The Morgan fingerprint density at radius 3 is 2.29 bits per heavy atom. The molecule has 2 unspecified atom stereocenters. The molecule has 3 N–H and O–H groups in total. The van der Waals surface area contributed by atoms with Crippen molar-refractivity contribution in [1.29, 1.82) is 0 Å². The van der Waals surface area contributed by atoms with Crippen LogP contribution in [0.3, 0.4) is 0 Å². The van der Waals surface area contributed by atoms with E-state index in [0.717, 1.165) is 0 Å². The van der Waals surface area contributed by atoms with Crippen molar-refractivity contribution in [1.82, 2.24) is 0 Å². The molecule has 0 fully saturated rings. The SMILES string of the molecule is NC(Cc1ccc(-c2cc(Cl)ccc2F)cc1)CC(O)C(=O)OCC(F)(F)C(F)(F)F. The molecule has 0 aliphatic carbocycles. The number of benzene rings is 2. The van der Waals surface area contributed by atoms with E-state index in [1.807, 2.05) is 0 Å². The van der Waals surface area contributed by atoms with Gasteiger partial charge in [0.2, 0.25) is 0 Å². The molecule has 0 amide bonds. The highest BCUT2D eigenvalue weighted by Gasteiger charge is 2.58. The van der Waals surface area contributed by atoms with Gasteiger partial charge in [-0.1, -0.05) is 35.9 Å². The van der Waals surface area contributed by atoms with Gasteiger partial charge in [-0.2, -0.15) is 22.0 Å². The fraction of sp³-hybridized carbons (Fsp3) is 0.350. The van der Waals surface area contributed by atoms with E-state index >= 15 is 0 Å². The van der Waals surface area contributed by atoms with Gasteiger partial charge in [-0.05, 0) is 42.2 Å². The predicted molar refractivity (Wildman–Crippen MR) is 101 cm³/mol. The van der Waals surface area contributed by atoms with Crippen LogP contribution in [-0.4, -0.2) is 41.9 Å². The van der Waals surface area contributed by atoms with Gasteiger partial charge in [-0.25, -0.2) is 9.18 Å².